The number of carbonyl (C=O) groups excluding carboxylic acids is 3. The molecule has 0 saturated carbocycles. The first kappa shape index (κ1) is 20.7. The lowest BCUT2D eigenvalue weighted by Crippen LogP contribution is -2.53. The molecule has 2 aromatic carbocycles. The minimum absolute atomic E-state index is 0.131. The summed E-state index contributed by atoms with van der Waals surface area (Å²) in [5, 5.41) is 17.2. The number of imide groups is 1. The molecule has 3 amide bonds. The lowest BCUT2D eigenvalue weighted by molar-refractivity contribution is -0.384. The van der Waals surface area contributed by atoms with E-state index >= 15 is 0 Å². The molecule has 0 bridgehead atoms. The Kier molecular flexibility index (Phi) is 4.79. The molecule has 3 aliphatic heterocycles. The first-order valence-electron chi connectivity index (χ1n) is 10.2. The van der Waals surface area contributed by atoms with Crippen LogP contribution < -0.4 is 15.5 Å². The minimum Gasteiger partial charge on any atom is -0.324 e. The van der Waals surface area contributed by atoms with Gasteiger partial charge in [0.05, 0.1) is 22.4 Å². The van der Waals surface area contributed by atoms with Crippen molar-refractivity contribution in [3.8, 4) is 0 Å². The number of nitro groups is 1. The highest BCUT2D eigenvalue weighted by Gasteiger charge is 2.70. The van der Waals surface area contributed by atoms with E-state index in [-0.39, 0.29) is 29.2 Å². The van der Waals surface area contributed by atoms with Crippen LogP contribution in [-0.4, -0.2) is 40.7 Å². The van der Waals surface area contributed by atoms with Crippen molar-refractivity contribution in [2.24, 2.45) is 11.8 Å². The molecule has 5 rings (SSSR count). The molecule has 164 valence electrons. The monoisotopic (exact) mass is 452 g/mol. The third-order valence-electron chi connectivity index (χ3n) is 6.57. The van der Waals surface area contributed by atoms with Gasteiger partial charge >= 0.3 is 0 Å². The van der Waals surface area contributed by atoms with Gasteiger partial charge in [0.2, 0.25) is 17.7 Å². The molecule has 2 N–H and O–H groups in total. The maximum absolute atomic E-state index is 13.7. The second-order valence-electron chi connectivity index (χ2n) is 8.13. The smallest absolute Gasteiger partial charge is 0.269 e. The van der Waals surface area contributed by atoms with Crippen LogP contribution in [0, 0.1) is 22.0 Å². The summed E-state index contributed by atoms with van der Waals surface area (Å²) >= 11 is 1.63. The highest BCUT2D eigenvalue weighted by atomic mass is 32.2. The maximum Gasteiger partial charge on any atom is 0.269 e. The first-order chi connectivity index (χ1) is 15.4. The van der Waals surface area contributed by atoms with Crippen molar-refractivity contribution in [3.63, 3.8) is 0 Å². The van der Waals surface area contributed by atoms with E-state index in [2.05, 4.69) is 10.6 Å². The van der Waals surface area contributed by atoms with E-state index in [1.807, 2.05) is 12.3 Å². The van der Waals surface area contributed by atoms with Crippen molar-refractivity contribution in [1.82, 2.24) is 5.32 Å². The van der Waals surface area contributed by atoms with Gasteiger partial charge < -0.3 is 5.32 Å². The largest absolute Gasteiger partial charge is 0.324 e. The molecule has 4 atom stereocenters. The summed E-state index contributed by atoms with van der Waals surface area (Å²) in [6.45, 7) is 0. The Balaban J connectivity index is 1.61. The number of nitrogens with one attached hydrogen (secondary N) is 2. The molecule has 4 unspecified atom stereocenters. The molecule has 0 aliphatic carbocycles. The zero-order chi connectivity index (χ0) is 22.6. The lowest BCUT2D eigenvalue weighted by atomic mass is 9.76. The fourth-order valence-electron chi connectivity index (χ4n) is 5.23. The fourth-order valence-corrected chi connectivity index (χ4v) is 5.72. The second kappa shape index (κ2) is 7.42. The maximum atomic E-state index is 13.7. The van der Waals surface area contributed by atoms with Crippen LogP contribution >= 0.6 is 11.8 Å². The third kappa shape index (κ3) is 2.72. The molecule has 0 radical (unpaired) electrons. The quantitative estimate of drug-likeness (QED) is 0.405. The summed E-state index contributed by atoms with van der Waals surface area (Å²) in [6.07, 6.45) is 2.58. The summed E-state index contributed by atoms with van der Waals surface area (Å²) < 4.78 is 0. The van der Waals surface area contributed by atoms with Gasteiger partial charge in [-0.15, -0.1) is 0 Å². The summed E-state index contributed by atoms with van der Waals surface area (Å²) in [5.41, 5.74) is 0.104. The van der Waals surface area contributed by atoms with Crippen molar-refractivity contribution in [1.29, 1.82) is 0 Å². The number of rotatable bonds is 5. The van der Waals surface area contributed by atoms with Crippen LogP contribution in [0.3, 0.4) is 0 Å². The van der Waals surface area contributed by atoms with Gasteiger partial charge in [0.1, 0.15) is 5.54 Å². The van der Waals surface area contributed by atoms with Gasteiger partial charge in [-0.3, -0.25) is 29.8 Å². The molecule has 3 aliphatic rings. The van der Waals surface area contributed by atoms with Crippen LogP contribution in [0.25, 0.3) is 0 Å². The average Bonchev–Trinajstić information content (AvgIpc) is 3.37. The Morgan fingerprint density at radius 2 is 1.81 bits per heavy atom. The average molecular weight is 452 g/mol. The zero-order valence-corrected chi connectivity index (χ0v) is 17.9. The van der Waals surface area contributed by atoms with Crippen LogP contribution in [0.5, 0.6) is 0 Å². The Labute approximate surface area is 187 Å². The van der Waals surface area contributed by atoms with Crippen LogP contribution in [0.1, 0.15) is 12.0 Å². The molecular formula is C22H20N4O5S. The summed E-state index contributed by atoms with van der Waals surface area (Å²) in [4.78, 5) is 52.1. The standard InChI is InChI=1S/C22H20N4O5S/c1-32-11-10-16-17-18(22(24-16)14-4-2-3-5-15(14)23-21(22)29)20(28)25(19(17)27)12-6-8-13(9-7-12)26(30)31/h2-9,16-18,24H,10-11H2,1H3,(H,23,29). The van der Waals surface area contributed by atoms with Gasteiger partial charge in [0.25, 0.3) is 5.69 Å². The molecule has 2 fully saturated rings. The van der Waals surface area contributed by atoms with E-state index in [4.69, 9.17) is 0 Å². The number of para-hydroxylation sites is 1. The number of nitrogens with zero attached hydrogens (tertiary/aromatic N) is 2. The van der Waals surface area contributed by atoms with Gasteiger partial charge in [-0.1, -0.05) is 18.2 Å². The number of fused-ring (bicyclic) bond motifs is 4. The van der Waals surface area contributed by atoms with Crippen LogP contribution in [-0.2, 0) is 19.9 Å². The van der Waals surface area contributed by atoms with Crippen molar-refractivity contribution in [3.05, 3.63) is 64.2 Å². The van der Waals surface area contributed by atoms with Gasteiger partial charge in [0, 0.05) is 29.4 Å². The number of hydrogen-bond acceptors (Lipinski definition) is 7. The van der Waals surface area contributed by atoms with Crippen molar-refractivity contribution in [2.45, 2.75) is 18.0 Å². The number of hydrogen-bond donors (Lipinski definition) is 2. The van der Waals surface area contributed by atoms with E-state index < -0.39 is 28.2 Å². The van der Waals surface area contributed by atoms with E-state index in [0.29, 0.717) is 17.7 Å². The minimum atomic E-state index is -1.33. The Hall–Kier alpha value is -3.24. The van der Waals surface area contributed by atoms with Crippen LogP contribution in [0.2, 0.25) is 0 Å². The zero-order valence-electron chi connectivity index (χ0n) is 17.1. The van der Waals surface area contributed by atoms with Gasteiger partial charge in [-0.05, 0) is 36.6 Å². The number of nitro benzene ring substituents is 1. The van der Waals surface area contributed by atoms with Crippen molar-refractivity contribution >= 4 is 46.5 Å². The van der Waals surface area contributed by atoms with E-state index in [0.717, 1.165) is 10.7 Å². The fraction of sp³-hybridized carbons (Fsp3) is 0.318. The van der Waals surface area contributed by atoms with E-state index in [1.165, 1.54) is 24.3 Å². The summed E-state index contributed by atoms with van der Waals surface area (Å²) in [7, 11) is 0. The second-order valence-corrected chi connectivity index (χ2v) is 9.11. The summed E-state index contributed by atoms with van der Waals surface area (Å²) in [6, 6.07) is 12.2. The molecule has 3 heterocycles. The number of benzene rings is 2. The highest BCUT2D eigenvalue weighted by Crippen LogP contribution is 2.54. The molecular weight excluding hydrogens is 432 g/mol. The molecule has 2 saturated heterocycles. The summed E-state index contributed by atoms with van der Waals surface area (Å²) in [5.74, 6) is -2.05. The van der Waals surface area contributed by atoms with Gasteiger partial charge in [-0.25, -0.2) is 4.90 Å². The van der Waals surface area contributed by atoms with Crippen LogP contribution in [0.15, 0.2) is 48.5 Å². The van der Waals surface area contributed by atoms with Gasteiger partial charge in [0.15, 0.2) is 0 Å². The molecule has 1 spiro atoms. The molecule has 9 nitrogen and oxygen atoms in total. The van der Waals surface area contributed by atoms with Crippen LogP contribution in [0.4, 0.5) is 17.1 Å². The van der Waals surface area contributed by atoms with Gasteiger partial charge in [-0.2, -0.15) is 11.8 Å². The third-order valence-corrected chi connectivity index (χ3v) is 7.22. The Morgan fingerprint density at radius 1 is 1.09 bits per heavy atom. The normalized spacial score (nSPS) is 28.2. The number of carbonyl (C=O) groups is 3. The van der Waals surface area contributed by atoms with E-state index in [9.17, 15) is 24.5 Å². The first-order valence-corrected chi connectivity index (χ1v) is 11.6. The number of non-ortho nitro benzene ring substituents is 1. The van der Waals surface area contributed by atoms with E-state index in [1.54, 1.807) is 30.0 Å². The number of amides is 3. The molecule has 0 aromatic heterocycles. The topological polar surface area (TPSA) is 122 Å². The predicted molar refractivity (Wildman–Crippen MR) is 119 cm³/mol. The van der Waals surface area contributed by atoms with Crippen molar-refractivity contribution in [2.75, 3.05) is 22.2 Å². The van der Waals surface area contributed by atoms with Crippen molar-refractivity contribution < 1.29 is 19.3 Å². The Morgan fingerprint density at radius 3 is 2.50 bits per heavy atom. The predicted octanol–water partition coefficient (Wildman–Crippen LogP) is 2.27. The highest BCUT2D eigenvalue weighted by molar-refractivity contribution is 7.98. The Bertz CT molecular complexity index is 1150. The molecule has 2 aromatic rings. The SMILES string of the molecule is CSCCC1NC2(C(=O)Nc3ccccc32)C2C(=O)N(c3ccc([N+](=O)[O-])cc3)C(=O)C12. The number of thioether (sulfide) groups is 1. The lowest BCUT2D eigenvalue weighted by Gasteiger charge is -2.29. The molecule has 10 heteroatoms. The molecule has 32 heavy (non-hydrogen) atoms. The number of anilines is 2.